The smallest absolute Gasteiger partial charge is 0.117 e. The molecule has 0 amide bonds. The van der Waals surface area contributed by atoms with Gasteiger partial charge in [-0.2, -0.15) is 0 Å². The van der Waals surface area contributed by atoms with E-state index in [2.05, 4.69) is 36.3 Å². The van der Waals surface area contributed by atoms with Crippen molar-refractivity contribution < 1.29 is 4.42 Å². The zero-order valence-corrected chi connectivity index (χ0v) is 11.8. The summed E-state index contributed by atoms with van der Waals surface area (Å²) in [7, 11) is 2.11. The van der Waals surface area contributed by atoms with Crippen molar-refractivity contribution in [2.75, 3.05) is 20.1 Å². The van der Waals surface area contributed by atoms with Crippen LogP contribution in [-0.2, 0) is 13.1 Å². The van der Waals surface area contributed by atoms with E-state index in [0.29, 0.717) is 0 Å². The van der Waals surface area contributed by atoms with Crippen LogP contribution in [-0.4, -0.2) is 25.0 Å². The molecule has 0 aliphatic carbocycles. The molecule has 2 heterocycles. The van der Waals surface area contributed by atoms with Crippen LogP contribution in [0.2, 0.25) is 0 Å². The number of hydrogen-bond donors (Lipinski definition) is 1. The summed E-state index contributed by atoms with van der Waals surface area (Å²) in [6.45, 7) is 5.99. The lowest BCUT2D eigenvalue weighted by molar-refractivity contribution is 0.294. The second-order valence-electron chi connectivity index (χ2n) is 4.51. The molecule has 0 bridgehead atoms. The molecule has 18 heavy (non-hydrogen) atoms. The van der Waals surface area contributed by atoms with Gasteiger partial charge in [-0.05, 0) is 38.2 Å². The molecule has 2 aromatic heterocycles. The Morgan fingerprint density at radius 2 is 2.22 bits per heavy atom. The number of likely N-dealkylation sites (N-methyl/N-ethyl adjacent to an activating group) is 1. The van der Waals surface area contributed by atoms with Gasteiger partial charge in [0.1, 0.15) is 5.76 Å². The molecule has 0 fully saturated rings. The molecule has 2 rings (SSSR count). The van der Waals surface area contributed by atoms with Gasteiger partial charge in [-0.15, -0.1) is 11.3 Å². The third-order valence-electron chi connectivity index (χ3n) is 2.77. The Labute approximate surface area is 112 Å². The van der Waals surface area contributed by atoms with Crippen molar-refractivity contribution in [2.24, 2.45) is 0 Å². The standard InChI is InChI=1S/C14H20N2OS/c1-12-5-6-14(18-12)10-15-7-8-16(2)11-13-4-3-9-17-13/h3-6,9,15H,7-8,10-11H2,1-2H3. The average Bonchev–Trinajstić information content (AvgIpc) is 2.96. The van der Waals surface area contributed by atoms with Crippen LogP contribution in [0.5, 0.6) is 0 Å². The Balaban J connectivity index is 1.60. The third kappa shape index (κ3) is 4.29. The molecule has 0 saturated heterocycles. The molecule has 0 atom stereocenters. The largest absolute Gasteiger partial charge is 0.468 e. The Bertz CT molecular complexity index is 450. The van der Waals surface area contributed by atoms with Crippen LogP contribution < -0.4 is 5.32 Å². The van der Waals surface area contributed by atoms with E-state index in [-0.39, 0.29) is 0 Å². The average molecular weight is 264 g/mol. The summed E-state index contributed by atoms with van der Waals surface area (Å²) in [6.07, 6.45) is 1.72. The predicted octanol–water partition coefficient (Wildman–Crippen LogP) is 2.87. The molecule has 0 saturated carbocycles. The summed E-state index contributed by atoms with van der Waals surface area (Å²) in [6, 6.07) is 8.31. The van der Waals surface area contributed by atoms with E-state index in [1.807, 2.05) is 23.5 Å². The molecular weight excluding hydrogens is 244 g/mol. The molecule has 98 valence electrons. The van der Waals surface area contributed by atoms with E-state index in [0.717, 1.165) is 31.9 Å². The van der Waals surface area contributed by atoms with Gasteiger partial charge < -0.3 is 9.73 Å². The first-order valence-electron chi connectivity index (χ1n) is 6.21. The number of furan rings is 1. The first-order chi connectivity index (χ1) is 8.74. The molecule has 0 aliphatic rings. The number of rotatable bonds is 7. The first-order valence-corrected chi connectivity index (χ1v) is 7.02. The molecule has 1 N–H and O–H groups in total. The number of nitrogens with zero attached hydrogens (tertiary/aromatic N) is 1. The Kier molecular flexibility index (Phi) is 4.99. The summed E-state index contributed by atoms with van der Waals surface area (Å²) in [4.78, 5) is 5.04. The molecule has 0 radical (unpaired) electrons. The molecule has 4 heteroatoms. The summed E-state index contributed by atoms with van der Waals surface area (Å²) in [5, 5.41) is 3.46. The van der Waals surface area contributed by atoms with Crippen LogP contribution in [0.3, 0.4) is 0 Å². The minimum absolute atomic E-state index is 0.868. The molecule has 2 aromatic rings. The van der Waals surface area contributed by atoms with Crippen LogP contribution in [0.15, 0.2) is 34.9 Å². The van der Waals surface area contributed by atoms with Gasteiger partial charge in [-0.3, -0.25) is 4.90 Å². The van der Waals surface area contributed by atoms with Gasteiger partial charge in [0.15, 0.2) is 0 Å². The van der Waals surface area contributed by atoms with Crippen LogP contribution in [0.25, 0.3) is 0 Å². The minimum Gasteiger partial charge on any atom is -0.468 e. The zero-order valence-electron chi connectivity index (χ0n) is 11.0. The summed E-state index contributed by atoms with van der Waals surface area (Å²) < 4.78 is 5.32. The Hall–Kier alpha value is -1.10. The summed E-state index contributed by atoms with van der Waals surface area (Å²) in [5.74, 6) is 1.02. The Morgan fingerprint density at radius 3 is 2.89 bits per heavy atom. The third-order valence-corrected chi connectivity index (χ3v) is 3.77. The Morgan fingerprint density at radius 1 is 1.33 bits per heavy atom. The molecular formula is C14H20N2OS. The fraction of sp³-hybridized carbons (Fsp3) is 0.429. The highest BCUT2D eigenvalue weighted by molar-refractivity contribution is 7.11. The maximum absolute atomic E-state index is 5.32. The van der Waals surface area contributed by atoms with E-state index < -0.39 is 0 Å². The van der Waals surface area contributed by atoms with E-state index in [4.69, 9.17) is 4.42 Å². The molecule has 0 unspecified atom stereocenters. The SMILES string of the molecule is Cc1ccc(CNCCN(C)Cc2ccco2)s1. The molecule has 0 aromatic carbocycles. The highest BCUT2D eigenvalue weighted by Gasteiger charge is 2.02. The molecule has 0 spiro atoms. The van der Waals surface area contributed by atoms with Gasteiger partial charge >= 0.3 is 0 Å². The van der Waals surface area contributed by atoms with E-state index in [1.165, 1.54) is 9.75 Å². The number of thiophene rings is 1. The van der Waals surface area contributed by atoms with Gasteiger partial charge in [0.25, 0.3) is 0 Å². The van der Waals surface area contributed by atoms with Gasteiger partial charge in [0.05, 0.1) is 12.8 Å². The molecule has 3 nitrogen and oxygen atoms in total. The van der Waals surface area contributed by atoms with E-state index in [1.54, 1.807) is 6.26 Å². The van der Waals surface area contributed by atoms with Crippen LogP contribution in [0.4, 0.5) is 0 Å². The van der Waals surface area contributed by atoms with Gasteiger partial charge in [0.2, 0.25) is 0 Å². The zero-order chi connectivity index (χ0) is 12.8. The van der Waals surface area contributed by atoms with Gasteiger partial charge in [-0.25, -0.2) is 0 Å². The summed E-state index contributed by atoms with van der Waals surface area (Å²) >= 11 is 1.86. The monoisotopic (exact) mass is 264 g/mol. The van der Waals surface area contributed by atoms with Crippen molar-refractivity contribution >= 4 is 11.3 Å². The number of hydrogen-bond acceptors (Lipinski definition) is 4. The maximum Gasteiger partial charge on any atom is 0.117 e. The quantitative estimate of drug-likeness (QED) is 0.780. The molecule has 0 aliphatic heterocycles. The van der Waals surface area contributed by atoms with Crippen LogP contribution >= 0.6 is 11.3 Å². The van der Waals surface area contributed by atoms with Crippen molar-refractivity contribution in [3.63, 3.8) is 0 Å². The van der Waals surface area contributed by atoms with E-state index in [9.17, 15) is 0 Å². The summed E-state index contributed by atoms with van der Waals surface area (Å²) in [5.41, 5.74) is 0. The van der Waals surface area contributed by atoms with Gasteiger partial charge in [0, 0.05) is 29.4 Å². The fourth-order valence-electron chi connectivity index (χ4n) is 1.81. The minimum atomic E-state index is 0.868. The van der Waals surface area contributed by atoms with Crippen molar-refractivity contribution in [1.29, 1.82) is 0 Å². The van der Waals surface area contributed by atoms with E-state index >= 15 is 0 Å². The lowest BCUT2D eigenvalue weighted by atomic mass is 10.4. The normalized spacial score (nSPS) is 11.3. The van der Waals surface area contributed by atoms with Crippen molar-refractivity contribution in [3.8, 4) is 0 Å². The fourth-order valence-corrected chi connectivity index (χ4v) is 2.67. The highest BCUT2D eigenvalue weighted by atomic mass is 32.1. The number of nitrogens with one attached hydrogen (secondary N) is 1. The highest BCUT2D eigenvalue weighted by Crippen LogP contribution is 2.14. The second-order valence-corrected chi connectivity index (χ2v) is 5.88. The first kappa shape index (κ1) is 13.3. The predicted molar refractivity (Wildman–Crippen MR) is 75.8 cm³/mol. The maximum atomic E-state index is 5.32. The van der Waals surface area contributed by atoms with Crippen molar-refractivity contribution in [3.05, 3.63) is 46.0 Å². The van der Waals surface area contributed by atoms with Crippen molar-refractivity contribution in [2.45, 2.75) is 20.0 Å². The van der Waals surface area contributed by atoms with Crippen molar-refractivity contribution in [1.82, 2.24) is 10.2 Å². The van der Waals surface area contributed by atoms with Crippen LogP contribution in [0.1, 0.15) is 15.5 Å². The lowest BCUT2D eigenvalue weighted by Gasteiger charge is -2.15. The number of aryl methyl sites for hydroxylation is 1. The lowest BCUT2D eigenvalue weighted by Crippen LogP contribution is -2.28. The topological polar surface area (TPSA) is 28.4 Å². The van der Waals surface area contributed by atoms with Gasteiger partial charge in [-0.1, -0.05) is 0 Å². The van der Waals surface area contributed by atoms with Crippen LogP contribution in [0, 0.1) is 6.92 Å². The second kappa shape index (κ2) is 6.73.